The van der Waals surface area contributed by atoms with Crippen molar-refractivity contribution in [2.45, 2.75) is 26.7 Å². The molecule has 0 fully saturated rings. The van der Waals surface area contributed by atoms with E-state index in [9.17, 15) is 14.4 Å². The highest BCUT2D eigenvalue weighted by Crippen LogP contribution is 2.35. The molecule has 1 aromatic rings. The topological polar surface area (TPSA) is 80.7 Å². The Morgan fingerprint density at radius 1 is 1.09 bits per heavy atom. The van der Waals surface area contributed by atoms with Gasteiger partial charge in [-0.25, -0.2) is 4.79 Å². The molecule has 0 heterocycles. The summed E-state index contributed by atoms with van der Waals surface area (Å²) in [4.78, 5) is 34.3. The summed E-state index contributed by atoms with van der Waals surface area (Å²) in [5.41, 5.74) is 0.449. The van der Waals surface area contributed by atoms with E-state index >= 15 is 0 Å². The van der Waals surface area contributed by atoms with Crippen LogP contribution in [0.5, 0.6) is 5.75 Å². The van der Waals surface area contributed by atoms with Gasteiger partial charge < -0.3 is 9.84 Å². The molecule has 0 saturated heterocycles. The van der Waals surface area contributed by atoms with Crippen molar-refractivity contribution in [2.24, 2.45) is 0 Å². The highest BCUT2D eigenvalue weighted by molar-refractivity contribution is 6.44. The van der Waals surface area contributed by atoms with Crippen molar-refractivity contribution in [3.63, 3.8) is 0 Å². The van der Waals surface area contributed by atoms with Gasteiger partial charge in [0.25, 0.3) is 0 Å². The van der Waals surface area contributed by atoms with Gasteiger partial charge in [-0.2, -0.15) is 0 Å². The van der Waals surface area contributed by atoms with Crippen LogP contribution in [-0.2, 0) is 14.4 Å². The zero-order valence-corrected chi connectivity index (χ0v) is 14.2. The lowest BCUT2D eigenvalue weighted by Crippen LogP contribution is -2.11. The summed E-state index contributed by atoms with van der Waals surface area (Å²) in [6, 6.07) is 2.95. The Morgan fingerprint density at radius 3 is 2.13 bits per heavy atom. The molecule has 0 aliphatic heterocycles. The van der Waals surface area contributed by atoms with Gasteiger partial charge in [0.1, 0.15) is 10.8 Å². The normalized spacial score (nSPS) is 10.1. The maximum atomic E-state index is 11.9. The third kappa shape index (κ3) is 5.08. The average molecular weight is 359 g/mol. The molecule has 0 aromatic heterocycles. The number of ketones is 2. The SMILES string of the molecule is CCC(=O)C(=Cc1ccc(OCC(=O)O)c(Cl)c1Cl)C(=O)CC. The first-order chi connectivity index (χ1) is 10.8. The number of ether oxygens (including phenoxy) is 1. The molecule has 0 aliphatic carbocycles. The summed E-state index contributed by atoms with van der Waals surface area (Å²) in [5.74, 6) is -1.60. The van der Waals surface area contributed by atoms with Crippen LogP contribution in [0, 0.1) is 0 Å². The Labute approximate surface area is 143 Å². The minimum atomic E-state index is -1.15. The summed E-state index contributed by atoms with van der Waals surface area (Å²) in [7, 11) is 0. The van der Waals surface area contributed by atoms with Crippen molar-refractivity contribution in [1.29, 1.82) is 0 Å². The van der Waals surface area contributed by atoms with E-state index < -0.39 is 12.6 Å². The quantitative estimate of drug-likeness (QED) is 0.434. The van der Waals surface area contributed by atoms with Crippen LogP contribution in [0.25, 0.3) is 6.08 Å². The monoisotopic (exact) mass is 358 g/mol. The van der Waals surface area contributed by atoms with Gasteiger partial charge in [-0.05, 0) is 23.8 Å². The molecular weight excluding hydrogens is 343 g/mol. The second-order valence-corrected chi connectivity index (χ2v) is 5.33. The Bertz CT molecular complexity index is 647. The van der Waals surface area contributed by atoms with Crippen LogP contribution in [0.2, 0.25) is 10.0 Å². The molecule has 124 valence electrons. The van der Waals surface area contributed by atoms with Crippen molar-refractivity contribution < 1.29 is 24.2 Å². The van der Waals surface area contributed by atoms with E-state index in [4.69, 9.17) is 33.0 Å². The first-order valence-electron chi connectivity index (χ1n) is 6.92. The highest BCUT2D eigenvalue weighted by atomic mass is 35.5. The summed E-state index contributed by atoms with van der Waals surface area (Å²) in [6.07, 6.45) is 1.79. The number of benzene rings is 1. The third-order valence-electron chi connectivity index (χ3n) is 2.97. The van der Waals surface area contributed by atoms with Gasteiger partial charge in [0.2, 0.25) is 0 Å². The number of carbonyl (C=O) groups excluding carboxylic acids is 2. The lowest BCUT2D eigenvalue weighted by molar-refractivity contribution is -0.139. The number of halogens is 2. The molecule has 0 aliphatic rings. The zero-order chi connectivity index (χ0) is 17.6. The standard InChI is InChI=1S/C16H16Cl2O5/c1-3-11(19)10(12(20)4-2)7-9-5-6-13(16(18)15(9)17)23-8-14(21)22/h5-7H,3-4,8H2,1-2H3,(H,21,22). The van der Waals surface area contributed by atoms with Crippen molar-refractivity contribution >= 4 is 46.8 Å². The minimum Gasteiger partial charge on any atom is -0.480 e. The zero-order valence-electron chi connectivity index (χ0n) is 12.7. The van der Waals surface area contributed by atoms with Gasteiger partial charge in [-0.1, -0.05) is 37.0 Å². The van der Waals surface area contributed by atoms with Crippen LogP contribution in [-0.4, -0.2) is 29.2 Å². The second-order valence-electron chi connectivity index (χ2n) is 4.57. The number of hydrogen-bond acceptors (Lipinski definition) is 4. The van der Waals surface area contributed by atoms with E-state index in [0.717, 1.165) is 0 Å². The Balaban J connectivity index is 3.24. The van der Waals surface area contributed by atoms with E-state index in [2.05, 4.69) is 0 Å². The number of rotatable bonds is 8. The van der Waals surface area contributed by atoms with E-state index in [1.807, 2.05) is 0 Å². The number of aliphatic carboxylic acids is 1. The second kappa shape index (κ2) is 8.70. The van der Waals surface area contributed by atoms with Gasteiger partial charge in [0.15, 0.2) is 18.2 Å². The fourth-order valence-corrected chi connectivity index (χ4v) is 2.20. The van der Waals surface area contributed by atoms with Crippen LogP contribution < -0.4 is 4.74 Å². The Hall–Kier alpha value is -1.85. The third-order valence-corrected chi connectivity index (χ3v) is 3.85. The predicted molar refractivity (Wildman–Crippen MR) is 88.2 cm³/mol. The molecule has 0 radical (unpaired) electrons. The lowest BCUT2D eigenvalue weighted by atomic mass is 10.00. The molecule has 0 bridgehead atoms. The van der Waals surface area contributed by atoms with E-state index in [1.165, 1.54) is 18.2 Å². The number of carbonyl (C=O) groups is 3. The highest BCUT2D eigenvalue weighted by Gasteiger charge is 2.17. The van der Waals surface area contributed by atoms with Gasteiger partial charge in [0, 0.05) is 12.8 Å². The molecule has 5 nitrogen and oxygen atoms in total. The fraction of sp³-hybridized carbons (Fsp3) is 0.312. The number of allylic oxidation sites excluding steroid dienone is 1. The lowest BCUT2D eigenvalue weighted by Gasteiger charge is -2.10. The van der Waals surface area contributed by atoms with Gasteiger partial charge >= 0.3 is 5.97 Å². The molecule has 7 heteroatoms. The van der Waals surface area contributed by atoms with Crippen LogP contribution in [0.15, 0.2) is 17.7 Å². The number of carboxylic acids is 1. The number of carboxylic acid groups (broad SMARTS) is 1. The molecular formula is C16H16Cl2O5. The first kappa shape index (κ1) is 19.2. The average Bonchev–Trinajstić information content (AvgIpc) is 2.53. The van der Waals surface area contributed by atoms with Gasteiger partial charge in [0.05, 0.1) is 10.6 Å². The van der Waals surface area contributed by atoms with Crippen LogP contribution in [0.3, 0.4) is 0 Å². The molecule has 0 unspecified atom stereocenters. The molecule has 1 rings (SSSR count). The molecule has 23 heavy (non-hydrogen) atoms. The molecule has 1 aromatic carbocycles. The van der Waals surface area contributed by atoms with Crippen LogP contribution in [0.4, 0.5) is 0 Å². The van der Waals surface area contributed by atoms with Crippen molar-refractivity contribution in [3.05, 3.63) is 33.3 Å². The predicted octanol–water partition coefficient (Wildman–Crippen LogP) is 3.80. The summed E-state index contributed by atoms with van der Waals surface area (Å²) in [6.45, 7) is 2.77. The van der Waals surface area contributed by atoms with Crippen LogP contribution >= 0.6 is 23.2 Å². The molecule has 0 atom stereocenters. The fourth-order valence-electron chi connectivity index (χ4n) is 1.76. The van der Waals surface area contributed by atoms with E-state index in [1.54, 1.807) is 13.8 Å². The first-order valence-corrected chi connectivity index (χ1v) is 7.68. The van der Waals surface area contributed by atoms with Crippen molar-refractivity contribution in [2.75, 3.05) is 6.61 Å². The van der Waals surface area contributed by atoms with Crippen LogP contribution in [0.1, 0.15) is 32.3 Å². The summed E-state index contributed by atoms with van der Waals surface area (Å²) in [5, 5.41) is 8.70. The maximum absolute atomic E-state index is 11.9. The number of Topliss-reactive ketones (excluding diaryl/α,β-unsaturated/α-hetero) is 2. The molecule has 0 spiro atoms. The van der Waals surface area contributed by atoms with Gasteiger partial charge in [-0.15, -0.1) is 0 Å². The largest absolute Gasteiger partial charge is 0.480 e. The number of hydrogen-bond donors (Lipinski definition) is 1. The maximum Gasteiger partial charge on any atom is 0.341 e. The molecule has 1 N–H and O–H groups in total. The van der Waals surface area contributed by atoms with Crippen molar-refractivity contribution in [3.8, 4) is 5.75 Å². The van der Waals surface area contributed by atoms with Gasteiger partial charge in [-0.3, -0.25) is 9.59 Å². The van der Waals surface area contributed by atoms with E-state index in [-0.39, 0.29) is 45.8 Å². The molecule has 0 saturated carbocycles. The Kier molecular flexibility index (Phi) is 7.26. The van der Waals surface area contributed by atoms with Crippen molar-refractivity contribution in [1.82, 2.24) is 0 Å². The Morgan fingerprint density at radius 2 is 1.65 bits per heavy atom. The molecule has 0 amide bonds. The van der Waals surface area contributed by atoms with E-state index in [0.29, 0.717) is 5.56 Å². The summed E-state index contributed by atoms with van der Waals surface area (Å²) >= 11 is 12.2. The summed E-state index contributed by atoms with van der Waals surface area (Å²) < 4.78 is 5.01. The smallest absolute Gasteiger partial charge is 0.341 e. The minimum absolute atomic E-state index is 0.0221.